The number of amides is 1. The van der Waals surface area contributed by atoms with Crippen molar-refractivity contribution >= 4 is 29.1 Å². The fourth-order valence-electron chi connectivity index (χ4n) is 2.35. The van der Waals surface area contributed by atoms with Crippen LogP contribution < -0.4 is 10.6 Å². The summed E-state index contributed by atoms with van der Waals surface area (Å²) in [4.78, 5) is 12.4. The molecule has 1 aromatic rings. The number of morpholine rings is 1. The molecule has 1 amide bonds. The monoisotopic (exact) mass is 346 g/mol. The second-order valence-corrected chi connectivity index (χ2v) is 6.61. The van der Waals surface area contributed by atoms with Gasteiger partial charge in [-0.1, -0.05) is 35.3 Å². The van der Waals surface area contributed by atoms with E-state index in [0.29, 0.717) is 23.2 Å². The molecule has 0 aliphatic carbocycles. The number of benzene rings is 1. The molecule has 5 nitrogen and oxygen atoms in total. The van der Waals surface area contributed by atoms with Crippen molar-refractivity contribution in [2.75, 3.05) is 19.8 Å². The number of hydrogen-bond acceptors (Lipinski definition) is 4. The number of carbonyl (C=O) groups excluding carboxylic acids is 1. The van der Waals surface area contributed by atoms with Gasteiger partial charge in [0, 0.05) is 6.54 Å². The third-order valence-electron chi connectivity index (χ3n) is 3.66. The molecule has 0 spiro atoms. The minimum absolute atomic E-state index is 0.0159. The smallest absolute Gasteiger partial charge is 0.251 e. The van der Waals surface area contributed by atoms with E-state index in [1.54, 1.807) is 12.1 Å². The number of ether oxygens (including phenoxy) is 1. The average molecular weight is 347 g/mol. The number of aliphatic hydroxyl groups is 1. The van der Waals surface area contributed by atoms with Crippen LogP contribution in [0, 0.1) is 0 Å². The largest absolute Gasteiger partial charge is 0.395 e. The standard InChI is InChI=1S/C15H20Cl2N2O3/c1-15(2,10-4-3-5-11(16)13(10)17)19-14(21)12-6-18-9(7-20)8-22-12/h3-5,9,12,18,20H,6-8H2,1-2H3,(H,19,21)/t9-,12+/m1/s1. The lowest BCUT2D eigenvalue weighted by molar-refractivity contribution is -0.137. The van der Waals surface area contributed by atoms with Gasteiger partial charge in [-0.2, -0.15) is 0 Å². The first-order valence-corrected chi connectivity index (χ1v) is 7.83. The van der Waals surface area contributed by atoms with Crippen LogP contribution in [0.3, 0.4) is 0 Å². The van der Waals surface area contributed by atoms with Gasteiger partial charge in [-0.3, -0.25) is 4.79 Å². The lowest BCUT2D eigenvalue weighted by Crippen LogP contribution is -2.56. The predicted molar refractivity (Wildman–Crippen MR) is 86.2 cm³/mol. The fourth-order valence-corrected chi connectivity index (χ4v) is 2.89. The van der Waals surface area contributed by atoms with Crippen LogP contribution in [-0.4, -0.2) is 42.9 Å². The highest BCUT2D eigenvalue weighted by atomic mass is 35.5. The Morgan fingerprint density at radius 1 is 1.50 bits per heavy atom. The van der Waals surface area contributed by atoms with E-state index in [-0.39, 0.29) is 18.6 Å². The second-order valence-electron chi connectivity index (χ2n) is 5.83. The zero-order valence-electron chi connectivity index (χ0n) is 12.5. The van der Waals surface area contributed by atoms with Crippen molar-refractivity contribution in [2.45, 2.75) is 31.5 Å². The lowest BCUT2D eigenvalue weighted by atomic mass is 9.93. The number of aliphatic hydroxyl groups excluding tert-OH is 1. The maximum atomic E-state index is 12.4. The molecule has 1 saturated heterocycles. The van der Waals surface area contributed by atoms with Gasteiger partial charge in [0.1, 0.15) is 6.10 Å². The zero-order valence-corrected chi connectivity index (χ0v) is 14.0. The minimum Gasteiger partial charge on any atom is -0.395 e. The number of rotatable bonds is 4. The highest BCUT2D eigenvalue weighted by Crippen LogP contribution is 2.33. The Morgan fingerprint density at radius 3 is 2.82 bits per heavy atom. The molecule has 1 aromatic carbocycles. The van der Waals surface area contributed by atoms with Crippen LogP contribution in [0.4, 0.5) is 0 Å². The van der Waals surface area contributed by atoms with Crippen LogP contribution in [0.5, 0.6) is 0 Å². The molecule has 7 heteroatoms. The Morgan fingerprint density at radius 2 is 2.23 bits per heavy atom. The molecule has 22 heavy (non-hydrogen) atoms. The molecule has 122 valence electrons. The van der Waals surface area contributed by atoms with E-state index in [9.17, 15) is 4.79 Å². The Labute approximate surface area is 139 Å². The molecule has 1 aliphatic heterocycles. The molecule has 0 aromatic heterocycles. The van der Waals surface area contributed by atoms with Gasteiger partial charge in [-0.05, 0) is 25.5 Å². The third-order valence-corrected chi connectivity index (χ3v) is 4.48. The number of halogens is 2. The van der Waals surface area contributed by atoms with Crippen molar-refractivity contribution in [1.82, 2.24) is 10.6 Å². The van der Waals surface area contributed by atoms with Crippen LogP contribution in [0.25, 0.3) is 0 Å². The Kier molecular flexibility index (Phi) is 5.69. The summed E-state index contributed by atoms with van der Waals surface area (Å²) in [5, 5.41) is 15.9. The van der Waals surface area contributed by atoms with Gasteiger partial charge in [0.05, 0.1) is 34.8 Å². The van der Waals surface area contributed by atoms with E-state index in [1.165, 1.54) is 0 Å². The van der Waals surface area contributed by atoms with Crippen LogP contribution in [0.2, 0.25) is 10.0 Å². The van der Waals surface area contributed by atoms with Gasteiger partial charge in [0.15, 0.2) is 0 Å². The first kappa shape index (κ1) is 17.5. The molecule has 0 bridgehead atoms. The van der Waals surface area contributed by atoms with Crippen molar-refractivity contribution in [2.24, 2.45) is 0 Å². The maximum absolute atomic E-state index is 12.4. The SMILES string of the molecule is CC(C)(NC(=O)[C@@H]1CN[C@H](CO)CO1)c1cccc(Cl)c1Cl. The summed E-state index contributed by atoms with van der Waals surface area (Å²) >= 11 is 12.3. The topological polar surface area (TPSA) is 70.6 Å². The van der Waals surface area contributed by atoms with E-state index in [4.69, 9.17) is 33.0 Å². The number of nitrogens with one attached hydrogen (secondary N) is 2. The number of carbonyl (C=O) groups is 1. The molecular formula is C15H20Cl2N2O3. The van der Waals surface area contributed by atoms with Gasteiger partial charge in [0.2, 0.25) is 0 Å². The molecular weight excluding hydrogens is 327 g/mol. The molecule has 2 atom stereocenters. The second kappa shape index (κ2) is 7.15. The zero-order chi connectivity index (χ0) is 16.3. The van der Waals surface area contributed by atoms with E-state index >= 15 is 0 Å². The van der Waals surface area contributed by atoms with Crippen LogP contribution in [0.1, 0.15) is 19.4 Å². The summed E-state index contributed by atoms with van der Waals surface area (Å²) in [6.07, 6.45) is -0.597. The van der Waals surface area contributed by atoms with Crippen molar-refractivity contribution in [1.29, 1.82) is 0 Å². The van der Waals surface area contributed by atoms with Crippen molar-refractivity contribution < 1.29 is 14.6 Å². The third kappa shape index (κ3) is 3.91. The lowest BCUT2D eigenvalue weighted by Gasteiger charge is -2.33. The Hall–Kier alpha value is -0.850. The molecule has 3 N–H and O–H groups in total. The van der Waals surface area contributed by atoms with E-state index in [0.717, 1.165) is 5.56 Å². The minimum atomic E-state index is -0.684. The summed E-state index contributed by atoms with van der Waals surface area (Å²) in [6.45, 7) is 4.35. The Bertz CT molecular complexity index is 544. The quantitative estimate of drug-likeness (QED) is 0.775. The predicted octanol–water partition coefficient (Wildman–Crippen LogP) is 1.69. The van der Waals surface area contributed by atoms with E-state index < -0.39 is 11.6 Å². The summed E-state index contributed by atoms with van der Waals surface area (Å²) in [7, 11) is 0. The van der Waals surface area contributed by atoms with Gasteiger partial charge in [0.25, 0.3) is 5.91 Å². The van der Waals surface area contributed by atoms with Crippen LogP contribution >= 0.6 is 23.2 Å². The van der Waals surface area contributed by atoms with Crippen molar-refractivity contribution in [3.63, 3.8) is 0 Å². The summed E-state index contributed by atoms with van der Waals surface area (Å²) in [6, 6.07) is 5.20. The maximum Gasteiger partial charge on any atom is 0.251 e. The highest BCUT2D eigenvalue weighted by molar-refractivity contribution is 6.42. The van der Waals surface area contributed by atoms with Gasteiger partial charge >= 0.3 is 0 Å². The average Bonchev–Trinajstić information content (AvgIpc) is 2.49. The molecule has 1 fully saturated rings. The van der Waals surface area contributed by atoms with Crippen LogP contribution in [0.15, 0.2) is 18.2 Å². The summed E-state index contributed by atoms with van der Waals surface area (Å²) < 4.78 is 5.49. The molecule has 1 heterocycles. The highest BCUT2D eigenvalue weighted by Gasteiger charge is 2.32. The summed E-state index contributed by atoms with van der Waals surface area (Å²) in [5.74, 6) is -0.232. The molecule has 2 rings (SSSR count). The van der Waals surface area contributed by atoms with Gasteiger partial charge in [-0.15, -0.1) is 0 Å². The number of hydrogen-bond donors (Lipinski definition) is 3. The van der Waals surface area contributed by atoms with E-state index in [1.807, 2.05) is 19.9 Å². The first-order valence-electron chi connectivity index (χ1n) is 7.07. The van der Waals surface area contributed by atoms with E-state index in [2.05, 4.69) is 10.6 Å². The first-order chi connectivity index (χ1) is 10.3. The Balaban J connectivity index is 2.05. The van der Waals surface area contributed by atoms with Crippen LogP contribution in [-0.2, 0) is 15.1 Å². The molecule has 0 radical (unpaired) electrons. The molecule has 1 aliphatic rings. The molecule has 0 saturated carbocycles. The van der Waals surface area contributed by atoms with Crippen molar-refractivity contribution in [3.05, 3.63) is 33.8 Å². The van der Waals surface area contributed by atoms with Gasteiger partial charge < -0.3 is 20.5 Å². The van der Waals surface area contributed by atoms with Crippen molar-refractivity contribution in [3.8, 4) is 0 Å². The molecule has 0 unspecified atom stereocenters. The fraction of sp³-hybridized carbons (Fsp3) is 0.533. The van der Waals surface area contributed by atoms with Gasteiger partial charge in [-0.25, -0.2) is 0 Å². The summed E-state index contributed by atoms with van der Waals surface area (Å²) in [5.41, 5.74) is 0.0583. The normalized spacial score (nSPS) is 22.4.